The number of aromatic nitrogens is 1. The van der Waals surface area contributed by atoms with Crippen molar-refractivity contribution in [2.24, 2.45) is 0 Å². The van der Waals surface area contributed by atoms with Crippen molar-refractivity contribution in [3.63, 3.8) is 0 Å². The Morgan fingerprint density at radius 1 is 0.964 bits per heavy atom. The molecule has 1 aliphatic heterocycles. The molecule has 2 aromatic heterocycles. The summed E-state index contributed by atoms with van der Waals surface area (Å²) in [4.78, 5) is 32.2. The van der Waals surface area contributed by atoms with E-state index in [1.54, 1.807) is 24.4 Å². The van der Waals surface area contributed by atoms with Crippen LogP contribution in [0.5, 0.6) is 0 Å². The molecule has 0 aliphatic carbocycles. The fraction of sp³-hybridized carbons (Fsp3) is 0.0455. The van der Waals surface area contributed by atoms with Gasteiger partial charge in [-0.3, -0.25) is 14.5 Å². The Kier molecular flexibility index (Phi) is 3.58. The van der Waals surface area contributed by atoms with Crippen molar-refractivity contribution in [2.75, 3.05) is 4.90 Å². The normalized spacial score (nSPS) is 15.8. The average molecular weight is 372 g/mol. The number of hydrogen-bond acceptors (Lipinski definition) is 4. The number of fused-ring (bicyclic) bond motifs is 2. The first-order valence-electron chi connectivity index (χ1n) is 8.71. The van der Waals surface area contributed by atoms with Crippen molar-refractivity contribution < 1.29 is 13.6 Å². The van der Waals surface area contributed by atoms with Gasteiger partial charge in [0.2, 0.25) is 5.76 Å². The summed E-state index contributed by atoms with van der Waals surface area (Å²) < 4.78 is 19.5. The smallest absolute Gasteiger partial charge is 0.296 e. The first-order valence-corrected chi connectivity index (χ1v) is 8.71. The molecule has 1 aliphatic rings. The van der Waals surface area contributed by atoms with Crippen LogP contribution in [0.3, 0.4) is 0 Å². The minimum absolute atomic E-state index is 0.0383. The van der Waals surface area contributed by atoms with Crippen LogP contribution >= 0.6 is 0 Å². The van der Waals surface area contributed by atoms with Gasteiger partial charge >= 0.3 is 0 Å². The van der Waals surface area contributed by atoms with Gasteiger partial charge in [-0.15, -0.1) is 0 Å². The lowest BCUT2D eigenvalue weighted by Gasteiger charge is -2.24. The Balaban J connectivity index is 1.84. The van der Waals surface area contributed by atoms with E-state index in [4.69, 9.17) is 4.42 Å². The van der Waals surface area contributed by atoms with E-state index in [-0.39, 0.29) is 22.3 Å². The molecule has 4 aromatic rings. The van der Waals surface area contributed by atoms with Gasteiger partial charge in [0.05, 0.1) is 17.0 Å². The Hall–Kier alpha value is -3.80. The molecule has 0 saturated carbocycles. The molecule has 28 heavy (non-hydrogen) atoms. The maximum atomic E-state index is 13.7. The Morgan fingerprint density at radius 2 is 1.75 bits per heavy atom. The van der Waals surface area contributed by atoms with Crippen LogP contribution in [-0.2, 0) is 0 Å². The van der Waals surface area contributed by atoms with Gasteiger partial charge in [-0.2, -0.15) is 0 Å². The third-order valence-electron chi connectivity index (χ3n) is 4.84. The molecule has 5 rings (SSSR count). The van der Waals surface area contributed by atoms with Crippen LogP contribution in [0.25, 0.3) is 11.0 Å². The van der Waals surface area contributed by atoms with E-state index >= 15 is 0 Å². The highest BCUT2D eigenvalue weighted by molar-refractivity contribution is 6.10. The molecule has 0 bridgehead atoms. The summed E-state index contributed by atoms with van der Waals surface area (Å²) in [7, 11) is 0. The number of benzene rings is 2. The van der Waals surface area contributed by atoms with Crippen molar-refractivity contribution in [3.05, 3.63) is 106 Å². The van der Waals surface area contributed by atoms with Crippen molar-refractivity contribution in [3.8, 4) is 0 Å². The number of amides is 1. The monoisotopic (exact) mass is 372 g/mol. The molecule has 0 radical (unpaired) electrons. The van der Waals surface area contributed by atoms with Crippen LogP contribution in [0.4, 0.5) is 10.2 Å². The number of nitrogens with zero attached hydrogens (tertiary/aromatic N) is 2. The second-order valence-electron chi connectivity index (χ2n) is 6.49. The minimum atomic E-state index is -0.706. The maximum absolute atomic E-state index is 13.7. The molecule has 0 spiro atoms. The molecule has 0 N–H and O–H groups in total. The number of halogens is 1. The van der Waals surface area contributed by atoms with Crippen LogP contribution in [0.2, 0.25) is 0 Å². The fourth-order valence-corrected chi connectivity index (χ4v) is 3.63. The SMILES string of the molecule is O=C1c2oc3ccc(F)cc3c(=O)c2[C@@H](c2ccccc2)N1c1ccccn1. The van der Waals surface area contributed by atoms with Gasteiger partial charge in [-0.1, -0.05) is 36.4 Å². The summed E-state index contributed by atoms with van der Waals surface area (Å²) >= 11 is 0. The highest BCUT2D eigenvalue weighted by Crippen LogP contribution is 2.40. The molecule has 2 aromatic carbocycles. The van der Waals surface area contributed by atoms with Gasteiger partial charge in [-0.25, -0.2) is 9.37 Å². The second-order valence-corrected chi connectivity index (χ2v) is 6.49. The number of anilines is 1. The first kappa shape index (κ1) is 16.4. The Morgan fingerprint density at radius 3 is 2.50 bits per heavy atom. The van der Waals surface area contributed by atoms with E-state index < -0.39 is 23.2 Å². The quantitative estimate of drug-likeness (QED) is 0.532. The van der Waals surface area contributed by atoms with Crippen molar-refractivity contribution >= 4 is 22.7 Å². The molecule has 0 saturated heterocycles. The Labute approximate surface area is 158 Å². The zero-order valence-electron chi connectivity index (χ0n) is 14.5. The summed E-state index contributed by atoms with van der Waals surface area (Å²) in [6.07, 6.45) is 1.58. The lowest BCUT2D eigenvalue weighted by molar-refractivity contribution is 0.0970. The summed E-state index contributed by atoms with van der Waals surface area (Å²) in [6.45, 7) is 0. The van der Waals surface area contributed by atoms with Crippen LogP contribution < -0.4 is 10.3 Å². The Bertz CT molecular complexity index is 1270. The molecule has 0 fully saturated rings. The molecule has 3 heterocycles. The summed E-state index contributed by atoms with van der Waals surface area (Å²) in [5, 5.41) is 0.107. The first-order chi connectivity index (χ1) is 13.6. The lowest BCUT2D eigenvalue weighted by Crippen LogP contribution is -2.30. The van der Waals surface area contributed by atoms with Crippen LogP contribution in [0.15, 0.2) is 82.1 Å². The van der Waals surface area contributed by atoms with E-state index in [1.165, 1.54) is 17.0 Å². The summed E-state index contributed by atoms with van der Waals surface area (Å²) in [5.74, 6) is -0.626. The molecular formula is C22H13FN2O3. The second kappa shape index (κ2) is 6.13. The van der Waals surface area contributed by atoms with Crippen LogP contribution in [0.1, 0.15) is 27.7 Å². The number of carbonyl (C=O) groups is 1. The van der Waals surface area contributed by atoms with Gasteiger partial charge in [0.25, 0.3) is 5.91 Å². The van der Waals surface area contributed by atoms with E-state index in [0.717, 1.165) is 11.6 Å². The summed E-state index contributed by atoms with van der Waals surface area (Å²) in [5.41, 5.74) is 0.688. The highest BCUT2D eigenvalue weighted by Gasteiger charge is 2.44. The third kappa shape index (κ3) is 2.35. The zero-order valence-corrected chi connectivity index (χ0v) is 14.5. The van der Waals surface area contributed by atoms with Crippen molar-refractivity contribution in [1.29, 1.82) is 0 Å². The van der Waals surface area contributed by atoms with Gasteiger partial charge in [0.1, 0.15) is 17.2 Å². The number of carbonyl (C=O) groups excluding carboxylic acids is 1. The van der Waals surface area contributed by atoms with Gasteiger partial charge in [0.15, 0.2) is 5.43 Å². The van der Waals surface area contributed by atoms with E-state index in [0.29, 0.717) is 5.82 Å². The van der Waals surface area contributed by atoms with E-state index in [9.17, 15) is 14.0 Å². The largest absolute Gasteiger partial charge is 0.450 e. The minimum Gasteiger partial charge on any atom is -0.450 e. The molecule has 5 nitrogen and oxygen atoms in total. The average Bonchev–Trinajstić information content (AvgIpc) is 3.03. The van der Waals surface area contributed by atoms with Crippen molar-refractivity contribution in [2.45, 2.75) is 6.04 Å². The molecule has 1 atom stereocenters. The number of pyridine rings is 1. The molecule has 1 amide bonds. The molecular weight excluding hydrogens is 359 g/mol. The predicted molar refractivity (Wildman–Crippen MR) is 102 cm³/mol. The maximum Gasteiger partial charge on any atom is 0.296 e. The number of rotatable bonds is 2. The van der Waals surface area contributed by atoms with Gasteiger partial charge in [0, 0.05) is 6.20 Å². The van der Waals surface area contributed by atoms with Gasteiger partial charge in [-0.05, 0) is 35.9 Å². The van der Waals surface area contributed by atoms with Crippen LogP contribution in [-0.4, -0.2) is 10.9 Å². The predicted octanol–water partition coefficient (Wildman–Crippen LogP) is 4.08. The highest BCUT2D eigenvalue weighted by atomic mass is 19.1. The third-order valence-corrected chi connectivity index (χ3v) is 4.84. The molecule has 0 unspecified atom stereocenters. The molecule has 6 heteroatoms. The van der Waals surface area contributed by atoms with E-state index in [2.05, 4.69) is 4.98 Å². The lowest BCUT2D eigenvalue weighted by atomic mass is 9.98. The van der Waals surface area contributed by atoms with E-state index in [1.807, 2.05) is 30.3 Å². The van der Waals surface area contributed by atoms with Crippen LogP contribution in [0, 0.1) is 5.82 Å². The standard InChI is InChI=1S/C22H13FN2O3/c23-14-9-10-16-15(12-14)20(26)18-19(13-6-2-1-3-7-13)25(22(27)21(18)28-16)17-8-4-5-11-24-17/h1-12,19H/t19-/m1/s1. The fourth-order valence-electron chi connectivity index (χ4n) is 3.63. The zero-order chi connectivity index (χ0) is 19.3. The molecule has 136 valence electrons. The van der Waals surface area contributed by atoms with Crippen molar-refractivity contribution in [1.82, 2.24) is 4.98 Å². The summed E-state index contributed by atoms with van der Waals surface area (Å²) in [6, 6.07) is 17.4. The number of hydrogen-bond donors (Lipinski definition) is 0. The topological polar surface area (TPSA) is 63.4 Å². The van der Waals surface area contributed by atoms with Gasteiger partial charge < -0.3 is 4.42 Å².